The number of thiophene rings is 3. The SMILES string of the molecule is N#Cc1c(NC(=O)c2sc3nc(-c4cccs4)ccc3c2N)sc2c1CCCC2. The van der Waals surface area contributed by atoms with Gasteiger partial charge in [0.1, 0.15) is 20.8 Å². The standard InChI is InChI=1S/C21H16N4OS3/c22-10-13-11-4-1-2-5-15(11)28-21(13)25-19(26)18-17(23)12-7-8-14(24-20(12)29-18)16-6-3-9-27-16/h3,6-9H,1-2,4-5,23H2,(H,25,26). The number of nitrogens with one attached hydrogen (secondary N) is 1. The fraction of sp³-hybridized carbons (Fsp3) is 0.190. The van der Waals surface area contributed by atoms with Crippen molar-refractivity contribution in [2.75, 3.05) is 11.1 Å². The van der Waals surface area contributed by atoms with Crippen LogP contribution in [0.1, 0.15) is 38.5 Å². The molecule has 8 heteroatoms. The van der Waals surface area contributed by atoms with Crippen LogP contribution in [-0.2, 0) is 12.8 Å². The van der Waals surface area contributed by atoms with Crippen molar-refractivity contribution in [2.45, 2.75) is 25.7 Å². The lowest BCUT2D eigenvalue weighted by Crippen LogP contribution is -2.12. The van der Waals surface area contributed by atoms with Crippen LogP contribution in [0.15, 0.2) is 29.6 Å². The van der Waals surface area contributed by atoms with Crippen molar-refractivity contribution in [3.8, 4) is 16.6 Å². The van der Waals surface area contributed by atoms with E-state index in [4.69, 9.17) is 10.7 Å². The Morgan fingerprint density at radius 2 is 2.07 bits per heavy atom. The van der Waals surface area contributed by atoms with Crippen LogP contribution < -0.4 is 11.1 Å². The summed E-state index contributed by atoms with van der Waals surface area (Å²) in [5.41, 5.74) is 9.30. The van der Waals surface area contributed by atoms with Crippen LogP contribution in [-0.4, -0.2) is 10.9 Å². The molecule has 144 valence electrons. The second-order valence-corrected chi connectivity index (χ2v) is 9.90. The number of amides is 1. The average Bonchev–Trinajstić information content (AvgIpc) is 3.45. The minimum atomic E-state index is -0.279. The highest BCUT2D eigenvalue weighted by Gasteiger charge is 2.24. The van der Waals surface area contributed by atoms with Crippen molar-refractivity contribution >= 4 is 60.8 Å². The predicted molar refractivity (Wildman–Crippen MR) is 121 cm³/mol. The Bertz CT molecular complexity index is 1280. The molecule has 0 bridgehead atoms. The molecule has 3 N–H and O–H groups in total. The highest BCUT2D eigenvalue weighted by Crippen LogP contribution is 2.39. The number of rotatable bonds is 3. The summed E-state index contributed by atoms with van der Waals surface area (Å²) in [6.45, 7) is 0. The number of nitrogens with two attached hydrogens (primary N) is 1. The van der Waals surface area contributed by atoms with E-state index in [1.165, 1.54) is 27.6 Å². The second-order valence-electron chi connectivity index (χ2n) is 6.85. The summed E-state index contributed by atoms with van der Waals surface area (Å²) in [5, 5.41) is 16.0. The van der Waals surface area contributed by atoms with Gasteiger partial charge in [-0.05, 0) is 54.8 Å². The first-order valence-electron chi connectivity index (χ1n) is 9.24. The van der Waals surface area contributed by atoms with Gasteiger partial charge in [-0.25, -0.2) is 4.98 Å². The van der Waals surface area contributed by atoms with Gasteiger partial charge >= 0.3 is 0 Å². The first kappa shape index (κ1) is 18.3. The maximum atomic E-state index is 13.0. The molecular weight excluding hydrogens is 420 g/mol. The smallest absolute Gasteiger partial charge is 0.268 e. The van der Waals surface area contributed by atoms with Crippen molar-refractivity contribution in [2.24, 2.45) is 0 Å². The van der Waals surface area contributed by atoms with Gasteiger partial charge in [-0.2, -0.15) is 5.26 Å². The maximum Gasteiger partial charge on any atom is 0.268 e. The zero-order chi connectivity index (χ0) is 20.0. The topological polar surface area (TPSA) is 91.8 Å². The molecule has 0 radical (unpaired) electrons. The molecule has 5 nitrogen and oxygen atoms in total. The Labute approximate surface area is 179 Å². The number of pyridine rings is 1. The summed E-state index contributed by atoms with van der Waals surface area (Å²) < 4.78 is 0. The van der Waals surface area contributed by atoms with Crippen LogP contribution in [0.25, 0.3) is 20.8 Å². The number of hydrogen-bond acceptors (Lipinski definition) is 7. The minimum absolute atomic E-state index is 0.279. The number of nitrogens with zero attached hydrogens (tertiary/aromatic N) is 2. The first-order valence-corrected chi connectivity index (χ1v) is 11.8. The Balaban J connectivity index is 1.49. The lowest BCUT2D eigenvalue weighted by atomic mass is 9.96. The summed E-state index contributed by atoms with van der Waals surface area (Å²) in [5.74, 6) is -0.279. The predicted octanol–water partition coefficient (Wildman–Crippen LogP) is 5.67. The number of fused-ring (bicyclic) bond motifs is 2. The lowest BCUT2D eigenvalue weighted by molar-refractivity contribution is 0.103. The largest absolute Gasteiger partial charge is 0.397 e. The number of anilines is 2. The molecule has 4 aromatic heterocycles. The number of nitriles is 1. The van der Waals surface area contributed by atoms with Gasteiger partial charge in [-0.15, -0.1) is 34.0 Å². The monoisotopic (exact) mass is 436 g/mol. The number of carbonyl (C=O) groups is 1. The Hall–Kier alpha value is -2.73. The van der Waals surface area contributed by atoms with Crippen molar-refractivity contribution in [1.29, 1.82) is 5.26 Å². The molecule has 0 spiro atoms. The van der Waals surface area contributed by atoms with E-state index in [-0.39, 0.29) is 5.91 Å². The zero-order valence-corrected chi connectivity index (χ0v) is 17.8. The van der Waals surface area contributed by atoms with Crippen molar-refractivity contribution in [3.05, 3.63) is 50.5 Å². The number of nitrogen functional groups attached to an aromatic ring is 1. The van der Waals surface area contributed by atoms with E-state index in [2.05, 4.69) is 11.4 Å². The summed E-state index contributed by atoms with van der Waals surface area (Å²) in [7, 11) is 0. The molecule has 0 fully saturated rings. The van der Waals surface area contributed by atoms with E-state index in [0.29, 0.717) is 21.1 Å². The van der Waals surface area contributed by atoms with Gasteiger partial charge in [0, 0.05) is 10.3 Å². The number of hydrogen-bond donors (Lipinski definition) is 2. The fourth-order valence-corrected chi connectivity index (χ4v) is 6.58. The van der Waals surface area contributed by atoms with Gasteiger partial charge in [-0.1, -0.05) is 6.07 Å². The molecule has 1 amide bonds. The molecule has 0 saturated carbocycles. The van der Waals surface area contributed by atoms with Gasteiger partial charge in [-0.3, -0.25) is 4.79 Å². The van der Waals surface area contributed by atoms with Gasteiger partial charge in [0.25, 0.3) is 5.91 Å². The third-order valence-corrected chi connectivity index (χ3v) is 8.30. The summed E-state index contributed by atoms with van der Waals surface area (Å²) in [6.07, 6.45) is 4.11. The van der Waals surface area contributed by atoms with Gasteiger partial charge in [0.15, 0.2) is 0 Å². The van der Waals surface area contributed by atoms with Crippen LogP contribution in [0.5, 0.6) is 0 Å². The Morgan fingerprint density at radius 1 is 1.21 bits per heavy atom. The van der Waals surface area contributed by atoms with E-state index < -0.39 is 0 Å². The highest BCUT2D eigenvalue weighted by molar-refractivity contribution is 7.21. The molecule has 0 aromatic carbocycles. The van der Waals surface area contributed by atoms with E-state index in [1.807, 2.05) is 29.6 Å². The maximum absolute atomic E-state index is 13.0. The van der Waals surface area contributed by atoms with Crippen molar-refractivity contribution < 1.29 is 4.79 Å². The van der Waals surface area contributed by atoms with Crippen LogP contribution >= 0.6 is 34.0 Å². The molecule has 29 heavy (non-hydrogen) atoms. The average molecular weight is 437 g/mol. The molecular formula is C21H16N4OS3. The molecule has 5 rings (SSSR count). The second kappa shape index (κ2) is 7.26. The molecule has 4 heterocycles. The summed E-state index contributed by atoms with van der Waals surface area (Å²) in [6, 6.07) is 10.1. The summed E-state index contributed by atoms with van der Waals surface area (Å²) >= 11 is 4.43. The molecule has 0 unspecified atom stereocenters. The normalized spacial score (nSPS) is 13.2. The third-order valence-electron chi connectivity index (χ3n) is 5.08. The van der Waals surface area contributed by atoms with Crippen molar-refractivity contribution in [1.82, 2.24) is 4.98 Å². The van der Waals surface area contributed by atoms with Crippen LogP contribution in [0, 0.1) is 11.3 Å². The molecule has 1 aliphatic rings. The van der Waals surface area contributed by atoms with Crippen molar-refractivity contribution in [3.63, 3.8) is 0 Å². The molecule has 0 saturated heterocycles. The van der Waals surface area contributed by atoms with Crippen LogP contribution in [0.4, 0.5) is 10.7 Å². The van der Waals surface area contributed by atoms with Gasteiger partial charge in [0.2, 0.25) is 0 Å². The van der Waals surface area contributed by atoms with E-state index in [0.717, 1.165) is 52.0 Å². The zero-order valence-electron chi connectivity index (χ0n) is 15.3. The molecule has 0 aliphatic heterocycles. The third kappa shape index (κ3) is 3.12. The highest BCUT2D eigenvalue weighted by atomic mass is 32.1. The van der Waals surface area contributed by atoms with Crippen LogP contribution in [0.3, 0.4) is 0 Å². The first-order chi connectivity index (χ1) is 14.2. The number of aromatic nitrogens is 1. The minimum Gasteiger partial charge on any atom is -0.397 e. The van der Waals surface area contributed by atoms with E-state index >= 15 is 0 Å². The van der Waals surface area contributed by atoms with E-state index in [1.54, 1.807) is 11.3 Å². The Morgan fingerprint density at radius 3 is 2.86 bits per heavy atom. The molecule has 1 aliphatic carbocycles. The van der Waals surface area contributed by atoms with Gasteiger partial charge < -0.3 is 11.1 Å². The number of aryl methyl sites for hydroxylation is 1. The quantitative estimate of drug-likeness (QED) is 0.433. The number of carbonyl (C=O) groups excluding carboxylic acids is 1. The molecule has 4 aromatic rings. The molecule has 0 atom stereocenters. The Kier molecular flexibility index (Phi) is 4.59. The van der Waals surface area contributed by atoms with Gasteiger partial charge in [0.05, 0.1) is 21.8 Å². The lowest BCUT2D eigenvalue weighted by Gasteiger charge is -2.09. The van der Waals surface area contributed by atoms with Crippen LogP contribution in [0.2, 0.25) is 0 Å². The van der Waals surface area contributed by atoms with E-state index in [9.17, 15) is 10.1 Å². The summed E-state index contributed by atoms with van der Waals surface area (Å²) in [4.78, 5) is 21.2. The fourth-order valence-electron chi connectivity index (χ4n) is 3.66.